The number of methoxy groups -OCH3 is 2. The topological polar surface area (TPSA) is 85.9 Å². The summed E-state index contributed by atoms with van der Waals surface area (Å²) in [6.07, 6.45) is 0. The van der Waals surface area contributed by atoms with E-state index in [9.17, 15) is 9.59 Å². The summed E-state index contributed by atoms with van der Waals surface area (Å²) in [5.74, 6) is 1.38. The maximum Gasteiger partial charge on any atom is 0.251 e. The van der Waals surface area contributed by atoms with Gasteiger partial charge in [0.2, 0.25) is 5.75 Å². The highest BCUT2D eigenvalue weighted by Crippen LogP contribution is 2.45. The summed E-state index contributed by atoms with van der Waals surface area (Å²) >= 11 is 0. The van der Waals surface area contributed by atoms with Gasteiger partial charge < -0.3 is 24.8 Å². The molecule has 0 aliphatic carbocycles. The van der Waals surface area contributed by atoms with Crippen molar-refractivity contribution in [1.29, 1.82) is 0 Å². The van der Waals surface area contributed by atoms with E-state index in [2.05, 4.69) is 10.6 Å². The molecule has 0 spiro atoms. The maximum absolute atomic E-state index is 11.9. The van der Waals surface area contributed by atoms with E-state index in [-0.39, 0.29) is 18.4 Å². The van der Waals surface area contributed by atoms with Crippen molar-refractivity contribution in [2.45, 2.75) is 13.2 Å². The molecule has 2 N–H and O–H groups in total. The highest BCUT2D eigenvalue weighted by Gasteiger charge is 2.22. The first kappa shape index (κ1) is 21.2. The van der Waals surface area contributed by atoms with Gasteiger partial charge >= 0.3 is 0 Å². The molecule has 7 nitrogen and oxygen atoms in total. The zero-order chi connectivity index (χ0) is 22.7. The lowest BCUT2D eigenvalue weighted by Gasteiger charge is -2.18. The molecule has 2 amide bonds. The zero-order valence-electron chi connectivity index (χ0n) is 18.2. The number of ether oxygens (including phenoxy) is 3. The Bertz CT molecular complexity index is 1170. The Hall–Kier alpha value is -4.00. The first-order valence-corrected chi connectivity index (χ1v) is 10.2. The van der Waals surface area contributed by atoms with Crippen molar-refractivity contribution in [3.8, 4) is 28.4 Å². The van der Waals surface area contributed by atoms with Crippen molar-refractivity contribution in [3.05, 3.63) is 76.9 Å². The molecule has 1 aliphatic rings. The second-order valence-corrected chi connectivity index (χ2v) is 7.30. The van der Waals surface area contributed by atoms with Gasteiger partial charge in [0.1, 0.15) is 6.61 Å². The van der Waals surface area contributed by atoms with Crippen LogP contribution in [0, 0.1) is 0 Å². The molecule has 3 aromatic carbocycles. The smallest absolute Gasteiger partial charge is 0.251 e. The van der Waals surface area contributed by atoms with E-state index in [1.807, 2.05) is 42.5 Å². The average molecular weight is 432 g/mol. The van der Waals surface area contributed by atoms with Crippen LogP contribution in [0.15, 0.2) is 54.6 Å². The third-order valence-electron chi connectivity index (χ3n) is 5.43. The third kappa shape index (κ3) is 3.97. The lowest BCUT2D eigenvalue weighted by molar-refractivity contribution is 0.0956. The van der Waals surface area contributed by atoms with Gasteiger partial charge in [-0.15, -0.1) is 0 Å². The van der Waals surface area contributed by atoms with E-state index in [1.54, 1.807) is 33.4 Å². The Labute approximate surface area is 186 Å². The van der Waals surface area contributed by atoms with Crippen LogP contribution in [0.2, 0.25) is 0 Å². The van der Waals surface area contributed by atoms with Crippen LogP contribution >= 0.6 is 0 Å². The third-order valence-corrected chi connectivity index (χ3v) is 5.43. The molecule has 1 heterocycles. The summed E-state index contributed by atoms with van der Waals surface area (Å²) in [5, 5.41) is 5.45. The van der Waals surface area contributed by atoms with Crippen LogP contribution in [-0.4, -0.2) is 33.1 Å². The van der Waals surface area contributed by atoms with Crippen LogP contribution < -0.4 is 24.8 Å². The predicted octanol–water partition coefficient (Wildman–Crippen LogP) is 3.55. The molecule has 0 aromatic heterocycles. The van der Waals surface area contributed by atoms with Gasteiger partial charge in [-0.2, -0.15) is 0 Å². The fraction of sp³-hybridized carbons (Fsp3) is 0.200. The Morgan fingerprint density at radius 2 is 1.72 bits per heavy atom. The number of carbonyl (C=O) groups is 2. The highest BCUT2D eigenvalue weighted by atomic mass is 16.5. The second kappa shape index (κ2) is 9.01. The van der Waals surface area contributed by atoms with Crippen LogP contribution in [0.25, 0.3) is 11.1 Å². The monoisotopic (exact) mass is 432 g/mol. The second-order valence-electron chi connectivity index (χ2n) is 7.30. The van der Waals surface area contributed by atoms with Gasteiger partial charge in [-0.1, -0.05) is 18.2 Å². The van der Waals surface area contributed by atoms with Crippen molar-refractivity contribution in [1.82, 2.24) is 10.6 Å². The molecule has 0 fully saturated rings. The Balaban J connectivity index is 1.68. The number of benzene rings is 3. The standard InChI is InChI=1S/C25H24N2O5/c1-26-24(28)16-6-4-15(5-7-16)14-32-22-19(10-11-21(30-2)23(22)31-3)17-8-9-20-18(12-17)13-27-25(20)29/h4-12H,13-14H2,1-3H3,(H,26,28)(H,27,29). The average Bonchev–Trinajstić information content (AvgIpc) is 3.21. The maximum atomic E-state index is 11.9. The number of nitrogens with one attached hydrogen (secondary N) is 2. The molecule has 164 valence electrons. The molecule has 0 radical (unpaired) electrons. The summed E-state index contributed by atoms with van der Waals surface area (Å²) < 4.78 is 17.3. The minimum Gasteiger partial charge on any atom is -0.493 e. The Kier molecular flexibility index (Phi) is 5.98. The van der Waals surface area contributed by atoms with Crippen LogP contribution in [0.1, 0.15) is 31.8 Å². The summed E-state index contributed by atoms with van der Waals surface area (Å²) in [7, 11) is 4.74. The van der Waals surface area contributed by atoms with E-state index in [0.717, 1.165) is 22.3 Å². The lowest BCUT2D eigenvalue weighted by atomic mass is 9.99. The molecule has 1 aliphatic heterocycles. The molecule has 4 rings (SSSR count). The van der Waals surface area contributed by atoms with Crippen LogP contribution in [0.3, 0.4) is 0 Å². The molecular weight excluding hydrogens is 408 g/mol. The van der Waals surface area contributed by atoms with Crippen LogP contribution in [0.5, 0.6) is 17.2 Å². The molecule has 0 saturated heterocycles. The Morgan fingerprint density at radius 1 is 0.969 bits per heavy atom. The van der Waals surface area contributed by atoms with Crippen molar-refractivity contribution in [2.24, 2.45) is 0 Å². The minimum atomic E-state index is -0.140. The summed E-state index contributed by atoms with van der Waals surface area (Å²) in [4.78, 5) is 23.7. The normalized spacial score (nSPS) is 12.0. The number of hydrogen-bond acceptors (Lipinski definition) is 5. The summed E-state index contributed by atoms with van der Waals surface area (Å²) in [6, 6.07) is 16.7. The first-order chi connectivity index (χ1) is 15.5. The first-order valence-electron chi connectivity index (χ1n) is 10.2. The van der Waals surface area contributed by atoms with Crippen LogP contribution in [0.4, 0.5) is 0 Å². The number of rotatable bonds is 7. The number of fused-ring (bicyclic) bond motifs is 1. The number of carbonyl (C=O) groups excluding carboxylic acids is 2. The van der Waals surface area contributed by atoms with Gasteiger partial charge in [-0.3, -0.25) is 9.59 Å². The molecule has 0 saturated carbocycles. The van der Waals surface area contributed by atoms with Crippen molar-refractivity contribution in [3.63, 3.8) is 0 Å². The summed E-state index contributed by atoms with van der Waals surface area (Å²) in [6.45, 7) is 0.776. The summed E-state index contributed by atoms with van der Waals surface area (Å²) in [5.41, 5.74) is 4.85. The van der Waals surface area contributed by atoms with E-state index < -0.39 is 0 Å². The molecule has 0 unspecified atom stereocenters. The highest BCUT2D eigenvalue weighted by molar-refractivity contribution is 5.99. The lowest BCUT2D eigenvalue weighted by Crippen LogP contribution is -2.17. The molecule has 32 heavy (non-hydrogen) atoms. The van der Waals surface area contributed by atoms with E-state index in [0.29, 0.717) is 34.9 Å². The van der Waals surface area contributed by atoms with Crippen molar-refractivity contribution < 1.29 is 23.8 Å². The van der Waals surface area contributed by atoms with Gasteiger partial charge in [0, 0.05) is 30.3 Å². The number of amides is 2. The quantitative estimate of drug-likeness (QED) is 0.596. The fourth-order valence-electron chi connectivity index (χ4n) is 3.72. The number of hydrogen-bond donors (Lipinski definition) is 2. The minimum absolute atomic E-state index is 0.0597. The van der Waals surface area contributed by atoms with Crippen molar-refractivity contribution >= 4 is 11.8 Å². The van der Waals surface area contributed by atoms with E-state index >= 15 is 0 Å². The molecule has 3 aromatic rings. The van der Waals surface area contributed by atoms with Gasteiger partial charge in [-0.25, -0.2) is 0 Å². The molecule has 0 atom stereocenters. The largest absolute Gasteiger partial charge is 0.493 e. The molecule has 7 heteroatoms. The van der Waals surface area contributed by atoms with Crippen molar-refractivity contribution in [2.75, 3.05) is 21.3 Å². The van der Waals surface area contributed by atoms with Gasteiger partial charge in [-0.05, 0) is 53.1 Å². The molecular formula is C25H24N2O5. The molecule has 0 bridgehead atoms. The fourth-order valence-corrected chi connectivity index (χ4v) is 3.72. The SMILES string of the molecule is CNC(=O)c1ccc(COc2c(-c3ccc4c(c3)CNC4=O)ccc(OC)c2OC)cc1. The van der Waals surface area contributed by atoms with Crippen LogP contribution in [-0.2, 0) is 13.2 Å². The van der Waals surface area contributed by atoms with Gasteiger partial charge in [0.05, 0.1) is 14.2 Å². The van der Waals surface area contributed by atoms with E-state index in [4.69, 9.17) is 14.2 Å². The predicted molar refractivity (Wildman–Crippen MR) is 120 cm³/mol. The Morgan fingerprint density at radius 3 is 2.41 bits per heavy atom. The van der Waals surface area contributed by atoms with Gasteiger partial charge in [0.15, 0.2) is 11.5 Å². The van der Waals surface area contributed by atoms with Gasteiger partial charge in [0.25, 0.3) is 11.8 Å². The van der Waals surface area contributed by atoms with E-state index in [1.165, 1.54) is 0 Å². The zero-order valence-corrected chi connectivity index (χ0v) is 18.2.